The number of esters is 1. The van der Waals surface area contributed by atoms with Crippen LogP contribution in [-0.4, -0.2) is 23.5 Å². The molecule has 0 bridgehead atoms. The molecule has 0 radical (unpaired) electrons. The Hall–Kier alpha value is -2.50. The first-order chi connectivity index (χ1) is 13.0. The van der Waals surface area contributed by atoms with Crippen molar-refractivity contribution in [3.8, 4) is 0 Å². The van der Waals surface area contributed by atoms with Crippen molar-refractivity contribution in [2.45, 2.75) is 19.3 Å². The number of fused-ring (bicyclic) bond motifs is 1. The maximum Gasteiger partial charge on any atom is 0.306 e. The van der Waals surface area contributed by atoms with Crippen LogP contribution in [0.1, 0.15) is 18.4 Å². The Morgan fingerprint density at radius 3 is 2.78 bits per heavy atom. The number of rotatable bonds is 7. The average Bonchev–Trinajstić information content (AvgIpc) is 3.06. The third-order valence-corrected chi connectivity index (χ3v) is 4.63. The Morgan fingerprint density at radius 1 is 1.11 bits per heavy atom. The summed E-state index contributed by atoms with van der Waals surface area (Å²) in [5, 5.41) is 4.53. The number of hydrogen-bond acceptors (Lipinski definition) is 3. The number of aryl methyl sites for hydroxylation is 1. The average molecular weight is 405 g/mol. The van der Waals surface area contributed by atoms with Crippen LogP contribution < -0.4 is 5.32 Å². The molecule has 7 heteroatoms. The van der Waals surface area contributed by atoms with Crippen LogP contribution in [0.4, 0.5) is 5.69 Å². The van der Waals surface area contributed by atoms with Gasteiger partial charge < -0.3 is 15.0 Å². The van der Waals surface area contributed by atoms with Crippen molar-refractivity contribution in [3.63, 3.8) is 0 Å². The van der Waals surface area contributed by atoms with E-state index in [9.17, 15) is 9.59 Å². The van der Waals surface area contributed by atoms with Crippen LogP contribution in [0, 0.1) is 0 Å². The second-order valence-electron chi connectivity index (χ2n) is 6.05. The van der Waals surface area contributed by atoms with Crippen molar-refractivity contribution < 1.29 is 14.3 Å². The van der Waals surface area contributed by atoms with Gasteiger partial charge in [-0.15, -0.1) is 0 Å². The lowest BCUT2D eigenvalue weighted by atomic mass is 10.1. The molecule has 0 atom stereocenters. The number of para-hydroxylation sites is 1. The van der Waals surface area contributed by atoms with Crippen molar-refractivity contribution in [1.82, 2.24) is 4.98 Å². The number of ether oxygens (including phenoxy) is 1. The SMILES string of the molecule is O=C(COC(=O)CCCc1c[nH]c2ccccc12)Nc1cc(Cl)ccc1Cl. The van der Waals surface area contributed by atoms with Crippen molar-refractivity contribution in [3.05, 3.63) is 64.3 Å². The number of benzene rings is 2. The molecule has 1 heterocycles. The van der Waals surface area contributed by atoms with Crippen LogP contribution in [0.25, 0.3) is 10.9 Å². The molecule has 2 aromatic carbocycles. The van der Waals surface area contributed by atoms with Gasteiger partial charge in [-0.3, -0.25) is 9.59 Å². The van der Waals surface area contributed by atoms with Gasteiger partial charge in [0, 0.05) is 28.5 Å². The molecule has 3 aromatic rings. The van der Waals surface area contributed by atoms with Gasteiger partial charge in [0.2, 0.25) is 0 Å². The van der Waals surface area contributed by atoms with E-state index in [-0.39, 0.29) is 13.0 Å². The third kappa shape index (κ3) is 5.25. The summed E-state index contributed by atoms with van der Waals surface area (Å²) in [6, 6.07) is 12.7. The van der Waals surface area contributed by atoms with E-state index >= 15 is 0 Å². The Bertz CT molecular complexity index is 969. The van der Waals surface area contributed by atoms with E-state index in [2.05, 4.69) is 10.3 Å². The van der Waals surface area contributed by atoms with Crippen molar-refractivity contribution in [2.24, 2.45) is 0 Å². The highest BCUT2D eigenvalue weighted by molar-refractivity contribution is 6.35. The third-order valence-electron chi connectivity index (χ3n) is 4.07. The van der Waals surface area contributed by atoms with Crippen LogP contribution in [0.3, 0.4) is 0 Å². The largest absolute Gasteiger partial charge is 0.456 e. The molecular formula is C20H18Cl2N2O3. The number of hydrogen-bond donors (Lipinski definition) is 2. The Kier molecular flexibility index (Phi) is 6.37. The number of aromatic nitrogens is 1. The van der Waals surface area contributed by atoms with Crippen LogP contribution in [-0.2, 0) is 20.7 Å². The van der Waals surface area contributed by atoms with E-state index in [1.165, 1.54) is 6.07 Å². The van der Waals surface area contributed by atoms with Crippen molar-refractivity contribution in [1.29, 1.82) is 0 Å². The Morgan fingerprint density at radius 2 is 1.93 bits per heavy atom. The molecule has 0 spiro atoms. The molecule has 1 aromatic heterocycles. The van der Waals surface area contributed by atoms with Crippen LogP contribution in [0.2, 0.25) is 10.0 Å². The van der Waals surface area contributed by atoms with E-state index in [4.69, 9.17) is 27.9 Å². The van der Waals surface area contributed by atoms with Gasteiger partial charge in [0.25, 0.3) is 5.91 Å². The van der Waals surface area contributed by atoms with Gasteiger partial charge in [0.15, 0.2) is 6.61 Å². The molecule has 0 unspecified atom stereocenters. The zero-order valence-corrected chi connectivity index (χ0v) is 15.9. The van der Waals surface area contributed by atoms with E-state index in [1.807, 2.05) is 30.5 Å². The molecule has 140 valence electrons. The van der Waals surface area contributed by atoms with Crippen LogP contribution >= 0.6 is 23.2 Å². The van der Waals surface area contributed by atoms with Crippen molar-refractivity contribution >= 4 is 51.7 Å². The molecule has 27 heavy (non-hydrogen) atoms. The standard InChI is InChI=1S/C20H18Cl2N2O3/c21-14-8-9-16(22)18(10-14)24-19(25)12-27-20(26)7-3-4-13-11-23-17-6-2-1-5-15(13)17/h1-2,5-6,8-11,23H,3-4,7,12H2,(H,24,25). The van der Waals surface area contributed by atoms with Gasteiger partial charge >= 0.3 is 5.97 Å². The second-order valence-corrected chi connectivity index (χ2v) is 6.89. The fourth-order valence-electron chi connectivity index (χ4n) is 2.76. The summed E-state index contributed by atoms with van der Waals surface area (Å²) < 4.78 is 5.02. The summed E-state index contributed by atoms with van der Waals surface area (Å²) in [5.74, 6) is -0.883. The summed E-state index contributed by atoms with van der Waals surface area (Å²) in [7, 11) is 0. The lowest BCUT2D eigenvalue weighted by Crippen LogP contribution is -2.21. The predicted octanol–water partition coefficient (Wildman–Crippen LogP) is 4.98. The maximum absolute atomic E-state index is 11.9. The zero-order chi connectivity index (χ0) is 19.2. The molecule has 5 nitrogen and oxygen atoms in total. The minimum Gasteiger partial charge on any atom is -0.456 e. The number of aromatic amines is 1. The molecule has 0 saturated heterocycles. The monoisotopic (exact) mass is 404 g/mol. The van der Waals surface area contributed by atoms with Gasteiger partial charge in [-0.25, -0.2) is 0 Å². The van der Waals surface area contributed by atoms with E-state index in [0.29, 0.717) is 22.2 Å². The smallest absolute Gasteiger partial charge is 0.306 e. The maximum atomic E-state index is 11.9. The summed E-state index contributed by atoms with van der Waals surface area (Å²) in [5.41, 5.74) is 2.61. The van der Waals surface area contributed by atoms with Gasteiger partial charge in [-0.1, -0.05) is 41.4 Å². The molecule has 0 saturated carbocycles. The molecule has 1 amide bonds. The topological polar surface area (TPSA) is 71.2 Å². The number of amides is 1. The normalized spacial score (nSPS) is 10.7. The Balaban J connectivity index is 1.41. The van der Waals surface area contributed by atoms with Gasteiger partial charge in [0.05, 0.1) is 10.7 Å². The van der Waals surface area contributed by atoms with Crippen LogP contribution in [0.5, 0.6) is 0 Å². The first-order valence-electron chi connectivity index (χ1n) is 8.48. The highest BCUT2D eigenvalue weighted by atomic mass is 35.5. The highest BCUT2D eigenvalue weighted by Gasteiger charge is 2.11. The van der Waals surface area contributed by atoms with E-state index in [0.717, 1.165) is 22.9 Å². The lowest BCUT2D eigenvalue weighted by molar-refractivity contribution is -0.147. The summed E-state index contributed by atoms with van der Waals surface area (Å²) in [6.07, 6.45) is 3.59. The summed E-state index contributed by atoms with van der Waals surface area (Å²) in [6.45, 7) is -0.366. The zero-order valence-electron chi connectivity index (χ0n) is 14.4. The molecule has 0 aliphatic rings. The molecule has 2 N–H and O–H groups in total. The number of nitrogens with one attached hydrogen (secondary N) is 2. The first-order valence-corrected chi connectivity index (χ1v) is 9.24. The van der Waals surface area contributed by atoms with Crippen LogP contribution in [0.15, 0.2) is 48.7 Å². The minimum atomic E-state index is -0.468. The van der Waals surface area contributed by atoms with E-state index in [1.54, 1.807) is 12.1 Å². The fourth-order valence-corrected chi connectivity index (χ4v) is 3.10. The predicted molar refractivity (Wildman–Crippen MR) is 107 cm³/mol. The van der Waals surface area contributed by atoms with Gasteiger partial charge in [0.1, 0.15) is 0 Å². The summed E-state index contributed by atoms with van der Waals surface area (Å²) in [4.78, 5) is 27.0. The number of carbonyl (C=O) groups is 2. The van der Waals surface area contributed by atoms with Gasteiger partial charge in [-0.2, -0.15) is 0 Å². The molecule has 3 rings (SSSR count). The minimum absolute atomic E-state index is 0.241. The number of carbonyl (C=O) groups excluding carboxylic acids is 2. The van der Waals surface area contributed by atoms with Crippen molar-refractivity contribution in [2.75, 3.05) is 11.9 Å². The fraction of sp³-hybridized carbons (Fsp3) is 0.200. The molecule has 0 fully saturated rings. The Labute approximate surface area is 166 Å². The highest BCUT2D eigenvalue weighted by Crippen LogP contribution is 2.25. The molecule has 0 aliphatic heterocycles. The second kappa shape index (κ2) is 8.93. The first kappa shape index (κ1) is 19.3. The lowest BCUT2D eigenvalue weighted by Gasteiger charge is -2.08. The molecule has 0 aliphatic carbocycles. The number of halogens is 2. The summed E-state index contributed by atoms with van der Waals surface area (Å²) >= 11 is 11.8. The van der Waals surface area contributed by atoms with Gasteiger partial charge in [-0.05, 0) is 42.7 Å². The number of H-pyrrole nitrogens is 1. The quantitative estimate of drug-likeness (QED) is 0.545. The molecular weight excluding hydrogens is 387 g/mol. The number of anilines is 1. The van der Waals surface area contributed by atoms with E-state index < -0.39 is 11.9 Å².